The maximum atomic E-state index is 15.2. The summed E-state index contributed by atoms with van der Waals surface area (Å²) in [5, 5.41) is 1.54. The van der Waals surface area contributed by atoms with E-state index in [1.807, 2.05) is 12.1 Å². The Labute approximate surface area is 181 Å². The van der Waals surface area contributed by atoms with Gasteiger partial charge in [0, 0.05) is 33.7 Å². The third kappa shape index (κ3) is 3.15. The van der Waals surface area contributed by atoms with Gasteiger partial charge in [0.05, 0.1) is 11.9 Å². The van der Waals surface area contributed by atoms with Gasteiger partial charge >= 0.3 is 0 Å². The molecule has 5 rings (SSSR count). The molecule has 4 aromatic rings. The Bertz CT molecular complexity index is 1330. The lowest BCUT2D eigenvalue weighted by Crippen LogP contribution is -2.38. The number of hydrogen-bond acceptors (Lipinski definition) is 3. The lowest BCUT2D eigenvalue weighted by atomic mass is 9.91. The van der Waals surface area contributed by atoms with Crippen LogP contribution in [-0.2, 0) is 6.42 Å². The van der Waals surface area contributed by atoms with Gasteiger partial charge in [-0.05, 0) is 49.6 Å². The van der Waals surface area contributed by atoms with Crippen LogP contribution >= 0.6 is 11.6 Å². The highest BCUT2D eigenvalue weighted by molar-refractivity contribution is 6.31. The van der Waals surface area contributed by atoms with E-state index in [1.165, 1.54) is 6.92 Å². The van der Waals surface area contributed by atoms with Crippen LogP contribution in [0.2, 0.25) is 5.02 Å². The molecule has 4 nitrogen and oxygen atoms in total. The van der Waals surface area contributed by atoms with E-state index < -0.39 is 23.5 Å². The third-order valence-corrected chi connectivity index (χ3v) is 6.09. The van der Waals surface area contributed by atoms with Crippen LogP contribution < -0.4 is 4.90 Å². The summed E-state index contributed by atoms with van der Waals surface area (Å²) in [6.45, 7) is 3.50. The molecule has 1 unspecified atom stereocenters. The second kappa shape index (κ2) is 7.27. The van der Waals surface area contributed by atoms with Crippen LogP contribution in [0.15, 0.2) is 36.5 Å². The number of aromatic nitrogens is 3. The van der Waals surface area contributed by atoms with Crippen molar-refractivity contribution in [2.75, 3.05) is 11.4 Å². The van der Waals surface area contributed by atoms with Crippen LogP contribution in [0, 0.1) is 31.3 Å². The van der Waals surface area contributed by atoms with Crippen molar-refractivity contribution in [2.45, 2.75) is 26.3 Å². The van der Waals surface area contributed by atoms with Crippen LogP contribution in [0.3, 0.4) is 0 Å². The molecule has 8 heteroatoms. The number of nitrogens with one attached hydrogen (secondary N) is 1. The SMILES string of the molecule is Cc1ccc(C2c3[nH]c4ccc(Cl)cc4c3CCN2c2ncc(F)c(C)n2)c(F)c1F. The van der Waals surface area contributed by atoms with Gasteiger partial charge in [-0.25, -0.2) is 23.1 Å². The second-order valence-corrected chi connectivity index (χ2v) is 8.19. The summed E-state index contributed by atoms with van der Waals surface area (Å²) in [7, 11) is 0. The number of H-pyrrole nitrogens is 1. The molecule has 3 heterocycles. The first-order chi connectivity index (χ1) is 14.8. The van der Waals surface area contributed by atoms with Crippen molar-refractivity contribution in [3.8, 4) is 0 Å². The minimum Gasteiger partial charge on any atom is -0.356 e. The van der Waals surface area contributed by atoms with Gasteiger partial charge in [0.1, 0.15) is 6.04 Å². The van der Waals surface area contributed by atoms with Crippen LogP contribution in [-0.4, -0.2) is 21.5 Å². The minimum atomic E-state index is -0.918. The Balaban J connectivity index is 1.76. The van der Waals surface area contributed by atoms with Crippen molar-refractivity contribution in [1.29, 1.82) is 0 Å². The van der Waals surface area contributed by atoms with Gasteiger partial charge in [-0.1, -0.05) is 23.7 Å². The first-order valence-corrected chi connectivity index (χ1v) is 10.2. The Morgan fingerprint density at radius 1 is 1.10 bits per heavy atom. The fourth-order valence-electron chi connectivity index (χ4n) is 4.25. The van der Waals surface area contributed by atoms with Crippen molar-refractivity contribution in [3.63, 3.8) is 0 Å². The zero-order valence-electron chi connectivity index (χ0n) is 16.8. The van der Waals surface area contributed by atoms with Gasteiger partial charge in [0.15, 0.2) is 17.5 Å². The average Bonchev–Trinajstić information content (AvgIpc) is 3.12. The molecule has 2 aromatic heterocycles. The van der Waals surface area contributed by atoms with Gasteiger partial charge in [-0.3, -0.25) is 0 Å². The maximum absolute atomic E-state index is 15.2. The Hall–Kier alpha value is -3.06. The van der Waals surface area contributed by atoms with E-state index in [1.54, 1.807) is 30.0 Å². The number of fused-ring (bicyclic) bond motifs is 3. The zero-order chi connectivity index (χ0) is 21.9. The Morgan fingerprint density at radius 3 is 2.68 bits per heavy atom. The number of hydrogen-bond donors (Lipinski definition) is 1. The molecule has 0 aliphatic carbocycles. The van der Waals surface area contributed by atoms with E-state index in [0.717, 1.165) is 28.4 Å². The van der Waals surface area contributed by atoms with Gasteiger partial charge in [0.25, 0.3) is 0 Å². The predicted octanol–water partition coefficient (Wildman–Crippen LogP) is 5.80. The summed E-state index contributed by atoms with van der Waals surface area (Å²) >= 11 is 6.20. The fraction of sp³-hybridized carbons (Fsp3) is 0.217. The summed E-state index contributed by atoms with van der Waals surface area (Å²) in [6.07, 6.45) is 1.71. The highest BCUT2D eigenvalue weighted by atomic mass is 35.5. The van der Waals surface area contributed by atoms with Crippen molar-refractivity contribution in [3.05, 3.63) is 87.1 Å². The molecule has 158 valence electrons. The molecule has 1 atom stereocenters. The van der Waals surface area contributed by atoms with E-state index in [0.29, 0.717) is 18.0 Å². The Morgan fingerprint density at radius 2 is 1.90 bits per heavy atom. The van der Waals surface area contributed by atoms with Crippen LogP contribution in [0.25, 0.3) is 10.9 Å². The fourth-order valence-corrected chi connectivity index (χ4v) is 4.42. The molecule has 1 aliphatic rings. The van der Waals surface area contributed by atoms with E-state index >= 15 is 4.39 Å². The Kier molecular flexibility index (Phi) is 4.66. The molecule has 1 aliphatic heterocycles. The topological polar surface area (TPSA) is 44.8 Å². The molecule has 31 heavy (non-hydrogen) atoms. The van der Waals surface area contributed by atoms with Crippen LogP contribution in [0.5, 0.6) is 0 Å². The smallest absolute Gasteiger partial charge is 0.226 e. The molecular formula is C23H18ClF3N4. The molecule has 0 amide bonds. The highest BCUT2D eigenvalue weighted by Gasteiger charge is 2.36. The molecule has 2 aromatic carbocycles. The van der Waals surface area contributed by atoms with Crippen LogP contribution in [0.4, 0.5) is 19.1 Å². The molecule has 1 N–H and O–H groups in total. The first-order valence-electron chi connectivity index (χ1n) is 9.85. The number of rotatable bonds is 2. The standard InChI is InChI=1S/C23H18ClF3N4/c1-11-3-5-15(20(27)19(11)26)22-21-14(16-9-13(24)4-6-18(16)30-21)7-8-31(22)23-28-10-17(25)12(2)29-23/h3-6,9-10,22,30H,7-8H2,1-2H3. The number of anilines is 1. The maximum Gasteiger partial charge on any atom is 0.226 e. The van der Waals surface area contributed by atoms with Crippen LogP contribution in [0.1, 0.15) is 34.1 Å². The minimum absolute atomic E-state index is 0.160. The number of aryl methyl sites for hydroxylation is 2. The highest BCUT2D eigenvalue weighted by Crippen LogP contribution is 2.41. The van der Waals surface area contributed by atoms with Gasteiger partial charge < -0.3 is 9.88 Å². The summed E-state index contributed by atoms with van der Waals surface area (Å²) in [4.78, 5) is 13.5. The largest absolute Gasteiger partial charge is 0.356 e. The molecule has 0 saturated carbocycles. The van der Waals surface area contributed by atoms with Crippen molar-refractivity contribution in [1.82, 2.24) is 15.0 Å². The van der Waals surface area contributed by atoms with E-state index in [4.69, 9.17) is 11.6 Å². The summed E-state index contributed by atoms with van der Waals surface area (Å²) < 4.78 is 43.5. The van der Waals surface area contributed by atoms with Crippen molar-refractivity contribution in [2.24, 2.45) is 0 Å². The molecule has 0 fully saturated rings. The summed E-state index contributed by atoms with van der Waals surface area (Å²) in [5.41, 5.74) is 3.13. The molecule has 0 radical (unpaired) electrons. The second-order valence-electron chi connectivity index (χ2n) is 7.76. The van der Waals surface area contributed by atoms with Crippen molar-refractivity contribution >= 4 is 28.5 Å². The van der Waals surface area contributed by atoms with E-state index in [-0.39, 0.29) is 22.8 Å². The normalized spacial score (nSPS) is 16.1. The molecule has 0 spiro atoms. The van der Waals surface area contributed by atoms with E-state index in [9.17, 15) is 8.78 Å². The number of halogens is 4. The molecular weight excluding hydrogens is 425 g/mol. The number of benzene rings is 2. The molecule has 0 saturated heterocycles. The number of aromatic amines is 1. The van der Waals surface area contributed by atoms with Gasteiger partial charge in [-0.2, -0.15) is 0 Å². The van der Waals surface area contributed by atoms with Gasteiger partial charge in [0.2, 0.25) is 5.95 Å². The number of nitrogens with zero attached hydrogens (tertiary/aromatic N) is 3. The van der Waals surface area contributed by atoms with Gasteiger partial charge in [-0.15, -0.1) is 0 Å². The van der Waals surface area contributed by atoms with Crippen molar-refractivity contribution < 1.29 is 13.2 Å². The summed E-state index contributed by atoms with van der Waals surface area (Å²) in [6, 6.07) is 7.92. The average molecular weight is 443 g/mol. The monoisotopic (exact) mass is 442 g/mol. The van der Waals surface area contributed by atoms with E-state index in [2.05, 4.69) is 15.0 Å². The third-order valence-electron chi connectivity index (χ3n) is 5.85. The summed E-state index contributed by atoms with van der Waals surface area (Å²) in [5.74, 6) is -2.07. The predicted molar refractivity (Wildman–Crippen MR) is 114 cm³/mol. The zero-order valence-corrected chi connectivity index (χ0v) is 17.6. The lowest BCUT2D eigenvalue weighted by Gasteiger charge is -2.36. The quantitative estimate of drug-likeness (QED) is 0.427. The molecule has 0 bridgehead atoms. The lowest BCUT2D eigenvalue weighted by molar-refractivity contribution is 0.480. The first kappa shape index (κ1) is 19.9.